The van der Waals surface area contributed by atoms with E-state index in [9.17, 15) is 9.59 Å². The SMILES string of the molecule is CC(=O)Nc1ccc(OC(=O)C2CC(c3ccc(Cl)s3)=NO2)cc1. The lowest BCUT2D eigenvalue weighted by Gasteiger charge is -2.09. The smallest absolute Gasteiger partial charge is 0.356 e. The number of benzene rings is 1. The molecule has 3 rings (SSSR count). The van der Waals surface area contributed by atoms with Crippen molar-refractivity contribution in [3.63, 3.8) is 0 Å². The molecule has 1 aromatic carbocycles. The third kappa shape index (κ3) is 3.93. The average molecular weight is 365 g/mol. The fraction of sp³-hybridized carbons (Fsp3) is 0.188. The van der Waals surface area contributed by atoms with Crippen LogP contribution in [0.1, 0.15) is 18.2 Å². The number of carbonyl (C=O) groups excluding carboxylic acids is 2. The Balaban J connectivity index is 1.57. The normalized spacial score (nSPS) is 16.2. The molecule has 1 aliphatic rings. The summed E-state index contributed by atoms with van der Waals surface area (Å²) < 4.78 is 5.93. The molecule has 2 aromatic rings. The molecule has 0 aliphatic carbocycles. The van der Waals surface area contributed by atoms with Crippen LogP contribution in [0, 0.1) is 0 Å². The second-order valence-electron chi connectivity index (χ2n) is 5.07. The van der Waals surface area contributed by atoms with E-state index >= 15 is 0 Å². The first-order valence-electron chi connectivity index (χ1n) is 7.09. The van der Waals surface area contributed by atoms with Gasteiger partial charge in [-0.1, -0.05) is 16.8 Å². The zero-order chi connectivity index (χ0) is 17.1. The van der Waals surface area contributed by atoms with Gasteiger partial charge < -0.3 is 14.9 Å². The number of esters is 1. The van der Waals surface area contributed by atoms with Crippen molar-refractivity contribution in [1.29, 1.82) is 0 Å². The van der Waals surface area contributed by atoms with Gasteiger partial charge in [0.25, 0.3) is 0 Å². The molecule has 1 atom stereocenters. The van der Waals surface area contributed by atoms with Gasteiger partial charge in [-0.05, 0) is 36.4 Å². The lowest BCUT2D eigenvalue weighted by atomic mass is 10.1. The number of hydrogen-bond donors (Lipinski definition) is 1. The minimum Gasteiger partial charge on any atom is -0.424 e. The number of oxime groups is 1. The summed E-state index contributed by atoms with van der Waals surface area (Å²) in [7, 11) is 0. The van der Waals surface area contributed by atoms with Gasteiger partial charge in [-0.25, -0.2) is 4.79 Å². The van der Waals surface area contributed by atoms with E-state index in [0.717, 1.165) is 4.88 Å². The number of halogens is 1. The fourth-order valence-corrected chi connectivity index (χ4v) is 3.14. The minimum atomic E-state index is -0.782. The van der Waals surface area contributed by atoms with Crippen molar-refractivity contribution in [2.24, 2.45) is 5.16 Å². The molecule has 1 aliphatic heterocycles. The first-order chi connectivity index (χ1) is 11.5. The predicted molar refractivity (Wildman–Crippen MR) is 91.7 cm³/mol. The van der Waals surface area contributed by atoms with Gasteiger partial charge in [-0.2, -0.15) is 0 Å². The van der Waals surface area contributed by atoms with Crippen LogP contribution in [0.4, 0.5) is 5.69 Å². The molecular formula is C16H13ClN2O4S. The molecule has 2 heterocycles. The maximum atomic E-state index is 12.1. The molecule has 0 radical (unpaired) electrons. The largest absolute Gasteiger partial charge is 0.424 e. The highest BCUT2D eigenvalue weighted by Crippen LogP contribution is 2.27. The molecule has 0 saturated carbocycles. The first kappa shape index (κ1) is 16.5. The van der Waals surface area contributed by atoms with Crippen LogP contribution in [0.15, 0.2) is 41.6 Å². The molecule has 0 saturated heterocycles. The number of rotatable bonds is 4. The van der Waals surface area contributed by atoms with Gasteiger partial charge in [-0.3, -0.25) is 4.79 Å². The molecule has 0 bridgehead atoms. The molecule has 1 aromatic heterocycles. The van der Waals surface area contributed by atoms with Crippen molar-refractivity contribution in [2.45, 2.75) is 19.4 Å². The van der Waals surface area contributed by atoms with Crippen LogP contribution < -0.4 is 10.1 Å². The monoisotopic (exact) mass is 364 g/mol. The van der Waals surface area contributed by atoms with E-state index < -0.39 is 12.1 Å². The quantitative estimate of drug-likeness (QED) is 0.665. The molecule has 24 heavy (non-hydrogen) atoms. The van der Waals surface area contributed by atoms with Crippen molar-refractivity contribution >= 4 is 46.2 Å². The van der Waals surface area contributed by atoms with E-state index in [1.165, 1.54) is 18.3 Å². The minimum absolute atomic E-state index is 0.169. The predicted octanol–water partition coefficient (Wildman–Crippen LogP) is 3.46. The van der Waals surface area contributed by atoms with Crippen LogP contribution in [-0.2, 0) is 14.4 Å². The lowest BCUT2D eigenvalue weighted by Crippen LogP contribution is -2.26. The van der Waals surface area contributed by atoms with Crippen LogP contribution in [0.2, 0.25) is 4.34 Å². The second kappa shape index (κ2) is 7.02. The summed E-state index contributed by atoms with van der Waals surface area (Å²) in [5.41, 5.74) is 1.30. The highest BCUT2D eigenvalue weighted by atomic mass is 35.5. The van der Waals surface area contributed by atoms with Crippen molar-refractivity contribution in [3.8, 4) is 5.75 Å². The van der Waals surface area contributed by atoms with E-state index in [1.54, 1.807) is 30.3 Å². The number of hydrogen-bond acceptors (Lipinski definition) is 6. The summed E-state index contributed by atoms with van der Waals surface area (Å²) in [5, 5.41) is 6.56. The van der Waals surface area contributed by atoms with Crippen LogP contribution in [0.25, 0.3) is 0 Å². The first-order valence-corrected chi connectivity index (χ1v) is 8.28. The van der Waals surface area contributed by atoms with Gasteiger partial charge in [-0.15, -0.1) is 11.3 Å². The number of ether oxygens (including phenoxy) is 1. The molecule has 0 fully saturated rings. The van der Waals surface area contributed by atoms with Crippen LogP contribution in [0.5, 0.6) is 5.75 Å². The lowest BCUT2D eigenvalue weighted by molar-refractivity contribution is -0.145. The molecule has 1 N–H and O–H groups in total. The van der Waals surface area contributed by atoms with Gasteiger partial charge in [0.15, 0.2) is 0 Å². The molecule has 6 nitrogen and oxygen atoms in total. The third-order valence-electron chi connectivity index (χ3n) is 3.18. The molecule has 8 heteroatoms. The molecule has 1 amide bonds. The molecule has 0 spiro atoms. The van der Waals surface area contributed by atoms with E-state index in [0.29, 0.717) is 27.9 Å². The van der Waals surface area contributed by atoms with Crippen molar-refractivity contribution in [3.05, 3.63) is 45.6 Å². The van der Waals surface area contributed by atoms with Crippen molar-refractivity contribution in [2.75, 3.05) is 5.32 Å². The van der Waals surface area contributed by atoms with E-state index in [1.807, 2.05) is 6.07 Å². The van der Waals surface area contributed by atoms with E-state index in [2.05, 4.69) is 10.5 Å². The number of thiophene rings is 1. The number of nitrogens with zero attached hydrogens (tertiary/aromatic N) is 1. The van der Waals surface area contributed by atoms with Gasteiger partial charge in [0.1, 0.15) is 11.5 Å². The Labute approximate surface area is 147 Å². The molecule has 124 valence electrons. The van der Waals surface area contributed by atoms with E-state index in [4.69, 9.17) is 21.2 Å². The van der Waals surface area contributed by atoms with E-state index in [-0.39, 0.29) is 5.91 Å². The number of amides is 1. The Hall–Kier alpha value is -2.38. The number of carbonyl (C=O) groups is 2. The van der Waals surface area contributed by atoms with Gasteiger partial charge in [0, 0.05) is 19.0 Å². The fourth-order valence-electron chi connectivity index (χ4n) is 2.11. The summed E-state index contributed by atoms with van der Waals surface area (Å²) >= 11 is 7.27. The summed E-state index contributed by atoms with van der Waals surface area (Å²) in [4.78, 5) is 29.1. The molecular weight excluding hydrogens is 352 g/mol. The van der Waals surface area contributed by atoms with Gasteiger partial charge in [0.2, 0.25) is 12.0 Å². The number of anilines is 1. The summed E-state index contributed by atoms with van der Waals surface area (Å²) in [6.07, 6.45) is -0.449. The zero-order valence-corrected chi connectivity index (χ0v) is 14.2. The van der Waals surface area contributed by atoms with Crippen LogP contribution in [-0.4, -0.2) is 23.7 Å². The van der Waals surface area contributed by atoms with Crippen LogP contribution in [0.3, 0.4) is 0 Å². The Morgan fingerprint density at radius 1 is 1.29 bits per heavy atom. The van der Waals surface area contributed by atoms with Crippen molar-refractivity contribution in [1.82, 2.24) is 0 Å². The topological polar surface area (TPSA) is 77.0 Å². The second-order valence-corrected chi connectivity index (χ2v) is 6.78. The Morgan fingerprint density at radius 2 is 2.04 bits per heavy atom. The summed E-state index contributed by atoms with van der Waals surface area (Å²) in [6, 6.07) is 10.1. The maximum absolute atomic E-state index is 12.1. The Bertz CT molecular complexity index is 801. The third-order valence-corrected chi connectivity index (χ3v) is 4.46. The highest BCUT2D eigenvalue weighted by molar-refractivity contribution is 7.18. The average Bonchev–Trinajstić information content (AvgIpc) is 3.17. The number of nitrogens with one attached hydrogen (secondary N) is 1. The maximum Gasteiger partial charge on any atom is 0.356 e. The van der Waals surface area contributed by atoms with Crippen LogP contribution >= 0.6 is 22.9 Å². The highest BCUT2D eigenvalue weighted by Gasteiger charge is 2.31. The van der Waals surface area contributed by atoms with Gasteiger partial charge >= 0.3 is 5.97 Å². The summed E-state index contributed by atoms with van der Waals surface area (Å²) in [6.45, 7) is 1.42. The Morgan fingerprint density at radius 3 is 2.67 bits per heavy atom. The van der Waals surface area contributed by atoms with Crippen molar-refractivity contribution < 1.29 is 19.2 Å². The standard InChI is InChI=1S/C16H13ClN2O4S/c1-9(20)18-10-2-4-11(5-3-10)22-16(21)13-8-12(19-23-13)14-6-7-15(17)24-14/h2-7,13H,8H2,1H3,(H,18,20). The molecule has 1 unspecified atom stereocenters. The zero-order valence-electron chi connectivity index (χ0n) is 12.6. The Kier molecular flexibility index (Phi) is 4.82. The summed E-state index contributed by atoms with van der Waals surface area (Å²) in [5.74, 6) is -0.327. The van der Waals surface area contributed by atoms with Gasteiger partial charge in [0.05, 0.1) is 9.21 Å².